The highest BCUT2D eigenvalue weighted by atomic mass is 16.5. The molecule has 1 saturated heterocycles. The second kappa shape index (κ2) is 10.0. The van der Waals surface area contributed by atoms with Crippen LogP contribution < -0.4 is 10.4 Å². The SMILES string of the molecule is C=C(C)COc1cc(C)cc2oc(=O)c(CC(=O)N3CCC(C(=O)O)(c4ccccc4)CC3)c(C)c12. The van der Waals surface area contributed by atoms with Gasteiger partial charge in [-0.05, 0) is 68.0 Å². The lowest BCUT2D eigenvalue weighted by Crippen LogP contribution is -2.49. The Labute approximate surface area is 210 Å². The number of likely N-dealkylation sites (tertiary alicyclic amines) is 1. The molecule has 0 bridgehead atoms. The van der Waals surface area contributed by atoms with Crippen molar-refractivity contribution >= 4 is 22.8 Å². The highest BCUT2D eigenvalue weighted by molar-refractivity contribution is 5.90. The number of piperidine rings is 1. The third-order valence-corrected chi connectivity index (χ3v) is 6.99. The molecule has 3 aromatic rings. The van der Waals surface area contributed by atoms with Gasteiger partial charge in [-0.1, -0.05) is 36.9 Å². The average Bonchev–Trinajstić information content (AvgIpc) is 2.85. The van der Waals surface area contributed by atoms with Gasteiger partial charge in [0.2, 0.25) is 5.91 Å². The monoisotopic (exact) mass is 489 g/mol. The third-order valence-electron chi connectivity index (χ3n) is 6.99. The maximum absolute atomic E-state index is 13.2. The van der Waals surface area contributed by atoms with Crippen LogP contribution in [0.1, 0.15) is 42.0 Å². The smallest absolute Gasteiger partial charge is 0.340 e. The van der Waals surface area contributed by atoms with E-state index in [4.69, 9.17) is 9.15 Å². The van der Waals surface area contributed by atoms with Gasteiger partial charge < -0.3 is 19.2 Å². The quantitative estimate of drug-likeness (QED) is 0.386. The zero-order valence-corrected chi connectivity index (χ0v) is 20.9. The van der Waals surface area contributed by atoms with Gasteiger partial charge in [-0.2, -0.15) is 0 Å². The van der Waals surface area contributed by atoms with Gasteiger partial charge in [0, 0.05) is 13.1 Å². The lowest BCUT2D eigenvalue weighted by Gasteiger charge is -2.39. The Kier molecular flexibility index (Phi) is 7.02. The summed E-state index contributed by atoms with van der Waals surface area (Å²) in [5.74, 6) is -0.534. The van der Waals surface area contributed by atoms with Gasteiger partial charge in [0.05, 0.1) is 22.8 Å². The molecule has 7 heteroatoms. The Morgan fingerprint density at radius 3 is 2.42 bits per heavy atom. The van der Waals surface area contributed by atoms with E-state index in [1.807, 2.05) is 50.2 Å². The Hall–Kier alpha value is -3.87. The van der Waals surface area contributed by atoms with E-state index in [9.17, 15) is 19.5 Å². The van der Waals surface area contributed by atoms with Crippen LogP contribution in [0, 0.1) is 13.8 Å². The summed E-state index contributed by atoms with van der Waals surface area (Å²) in [6.45, 7) is 10.3. The number of carbonyl (C=O) groups excluding carboxylic acids is 1. The molecule has 188 valence electrons. The molecule has 2 heterocycles. The summed E-state index contributed by atoms with van der Waals surface area (Å²) < 4.78 is 11.5. The van der Waals surface area contributed by atoms with Crippen molar-refractivity contribution in [3.05, 3.63) is 87.3 Å². The van der Waals surface area contributed by atoms with Crippen molar-refractivity contribution in [2.75, 3.05) is 19.7 Å². The first kappa shape index (κ1) is 25.2. The van der Waals surface area contributed by atoms with E-state index in [2.05, 4.69) is 6.58 Å². The van der Waals surface area contributed by atoms with E-state index in [1.165, 1.54) is 0 Å². The molecule has 0 aliphatic carbocycles. The van der Waals surface area contributed by atoms with E-state index in [-0.39, 0.29) is 17.9 Å². The minimum absolute atomic E-state index is 0.122. The molecule has 1 fully saturated rings. The summed E-state index contributed by atoms with van der Waals surface area (Å²) in [4.78, 5) is 40.0. The maximum Gasteiger partial charge on any atom is 0.340 e. The molecule has 4 rings (SSSR count). The molecular weight excluding hydrogens is 458 g/mol. The molecule has 0 atom stereocenters. The van der Waals surface area contributed by atoms with E-state index in [0.717, 1.165) is 16.7 Å². The fraction of sp³-hybridized carbons (Fsp3) is 0.345. The largest absolute Gasteiger partial charge is 0.488 e. The number of amides is 1. The Bertz CT molecular complexity index is 1380. The molecule has 1 N–H and O–H groups in total. The summed E-state index contributed by atoms with van der Waals surface area (Å²) in [6.07, 6.45) is 0.493. The number of carboxylic acids is 1. The number of ether oxygens (including phenoxy) is 1. The van der Waals surface area contributed by atoms with Gasteiger partial charge in [0.15, 0.2) is 0 Å². The Morgan fingerprint density at radius 2 is 1.81 bits per heavy atom. The summed E-state index contributed by atoms with van der Waals surface area (Å²) in [7, 11) is 0. The standard InChI is InChI=1S/C29H31NO6/c1-18(2)17-35-23-14-19(3)15-24-26(23)20(4)22(27(32)36-24)16-25(31)30-12-10-29(11-13-30,28(33)34)21-8-6-5-7-9-21/h5-9,14-15H,1,10-13,16-17H2,2-4H3,(H,33,34). The number of carbonyl (C=O) groups is 2. The van der Waals surface area contributed by atoms with Crippen molar-refractivity contribution in [1.29, 1.82) is 0 Å². The van der Waals surface area contributed by atoms with Gasteiger partial charge >= 0.3 is 11.6 Å². The van der Waals surface area contributed by atoms with Gasteiger partial charge in [0.1, 0.15) is 17.9 Å². The molecule has 36 heavy (non-hydrogen) atoms. The van der Waals surface area contributed by atoms with Crippen LogP contribution >= 0.6 is 0 Å². The minimum Gasteiger partial charge on any atom is -0.488 e. The van der Waals surface area contributed by atoms with Gasteiger partial charge in [-0.3, -0.25) is 9.59 Å². The normalized spacial score (nSPS) is 15.0. The number of aryl methyl sites for hydroxylation is 2. The predicted molar refractivity (Wildman–Crippen MR) is 138 cm³/mol. The van der Waals surface area contributed by atoms with Crippen molar-refractivity contribution in [1.82, 2.24) is 4.90 Å². The first-order valence-corrected chi connectivity index (χ1v) is 12.0. The van der Waals surface area contributed by atoms with Crippen LogP contribution in [0.4, 0.5) is 0 Å². The third kappa shape index (κ3) is 4.78. The lowest BCUT2D eigenvalue weighted by molar-refractivity contribution is -0.148. The van der Waals surface area contributed by atoms with Gasteiger partial charge in [-0.15, -0.1) is 0 Å². The molecule has 0 radical (unpaired) electrons. The first-order valence-electron chi connectivity index (χ1n) is 12.0. The van der Waals surface area contributed by atoms with Crippen molar-refractivity contribution in [2.24, 2.45) is 0 Å². The second-order valence-electron chi connectivity index (χ2n) is 9.69. The van der Waals surface area contributed by atoms with Gasteiger partial charge in [0.25, 0.3) is 0 Å². The summed E-state index contributed by atoms with van der Waals surface area (Å²) in [6, 6.07) is 12.8. The molecule has 7 nitrogen and oxygen atoms in total. The molecule has 0 spiro atoms. The fourth-order valence-corrected chi connectivity index (χ4v) is 4.94. The Balaban J connectivity index is 1.59. The van der Waals surface area contributed by atoms with Crippen molar-refractivity contribution < 1.29 is 23.8 Å². The molecule has 2 aromatic carbocycles. The zero-order chi connectivity index (χ0) is 26.0. The highest BCUT2D eigenvalue weighted by Crippen LogP contribution is 2.36. The van der Waals surface area contributed by atoms with Crippen LogP contribution in [0.5, 0.6) is 5.75 Å². The van der Waals surface area contributed by atoms with Gasteiger partial charge in [-0.25, -0.2) is 4.79 Å². The number of hydrogen-bond acceptors (Lipinski definition) is 5. The molecule has 1 aliphatic heterocycles. The number of rotatable bonds is 7. The summed E-state index contributed by atoms with van der Waals surface area (Å²) in [5.41, 5.74) is 2.26. The fourth-order valence-electron chi connectivity index (χ4n) is 4.94. The number of benzene rings is 2. The molecular formula is C29H31NO6. The van der Waals surface area contributed by atoms with Crippen LogP contribution in [0.25, 0.3) is 11.0 Å². The van der Waals surface area contributed by atoms with Crippen LogP contribution in [0.3, 0.4) is 0 Å². The first-order chi connectivity index (χ1) is 17.1. The van der Waals surface area contributed by atoms with Crippen molar-refractivity contribution in [2.45, 2.75) is 45.4 Å². The number of fused-ring (bicyclic) bond motifs is 1. The Morgan fingerprint density at radius 1 is 1.14 bits per heavy atom. The topological polar surface area (TPSA) is 97.0 Å². The average molecular weight is 490 g/mol. The van der Waals surface area contributed by atoms with Crippen molar-refractivity contribution in [3.8, 4) is 5.75 Å². The van der Waals surface area contributed by atoms with E-state index in [1.54, 1.807) is 17.9 Å². The summed E-state index contributed by atoms with van der Waals surface area (Å²) >= 11 is 0. The number of carboxylic acid groups (broad SMARTS) is 1. The number of hydrogen-bond donors (Lipinski definition) is 1. The molecule has 0 saturated carbocycles. The zero-order valence-electron chi connectivity index (χ0n) is 20.9. The van der Waals surface area contributed by atoms with E-state index >= 15 is 0 Å². The minimum atomic E-state index is -1.02. The van der Waals surface area contributed by atoms with E-state index < -0.39 is 17.0 Å². The summed E-state index contributed by atoms with van der Waals surface area (Å²) in [5, 5.41) is 10.7. The second-order valence-corrected chi connectivity index (χ2v) is 9.69. The number of aliphatic carboxylic acids is 1. The highest BCUT2D eigenvalue weighted by Gasteiger charge is 2.43. The maximum atomic E-state index is 13.2. The van der Waals surface area contributed by atoms with Crippen LogP contribution in [-0.4, -0.2) is 41.6 Å². The van der Waals surface area contributed by atoms with Crippen LogP contribution in [-0.2, 0) is 21.4 Å². The van der Waals surface area contributed by atoms with E-state index in [0.29, 0.717) is 54.8 Å². The van der Waals surface area contributed by atoms with Crippen LogP contribution in [0.15, 0.2) is 63.8 Å². The molecule has 1 aromatic heterocycles. The lowest BCUT2D eigenvalue weighted by atomic mass is 9.73. The molecule has 1 amide bonds. The predicted octanol–water partition coefficient (Wildman–Crippen LogP) is 4.55. The number of nitrogens with zero attached hydrogens (tertiary/aromatic N) is 1. The van der Waals surface area contributed by atoms with Crippen LogP contribution in [0.2, 0.25) is 0 Å². The molecule has 0 unspecified atom stereocenters. The van der Waals surface area contributed by atoms with Crippen molar-refractivity contribution in [3.63, 3.8) is 0 Å². The molecule has 1 aliphatic rings.